The maximum atomic E-state index is 11.4. The molecule has 0 atom stereocenters. The summed E-state index contributed by atoms with van der Waals surface area (Å²) < 4.78 is 11.0. The molecule has 3 aromatic rings. The quantitative estimate of drug-likeness (QED) is 0.801. The standard InChI is InChI=1S/C14H12N2O3S/c1-19-13-7-10(20-15-13)8-16-11-5-3-2-4-9(11)6-12(16)14(17)18/h2-7H,8H2,1H3,(H,17,18). The van der Waals surface area contributed by atoms with E-state index in [1.807, 2.05) is 30.3 Å². The molecule has 0 aliphatic carbocycles. The highest BCUT2D eigenvalue weighted by atomic mass is 32.1. The molecule has 0 aliphatic heterocycles. The van der Waals surface area contributed by atoms with E-state index in [0.29, 0.717) is 12.4 Å². The van der Waals surface area contributed by atoms with Gasteiger partial charge >= 0.3 is 5.97 Å². The van der Waals surface area contributed by atoms with E-state index in [9.17, 15) is 9.90 Å². The number of nitrogens with zero attached hydrogens (tertiary/aromatic N) is 2. The van der Waals surface area contributed by atoms with Crippen LogP contribution in [0.3, 0.4) is 0 Å². The van der Waals surface area contributed by atoms with Crippen LogP contribution in [0.2, 0.25) is 0 Å². The van der Waals surface area contributed by atoms with Crippen molar-refractivity contribution in [3.63, 3.8) is 0 Å². The Bertz CT molecular complexity index is 776. The van der Waals surface area contributed by atoms with Crippen LogP contribution < -0.4 is 4.74 Å². The van der Waals surface area contributed by atoms with Crippen LogP contribution in [0.1, 0.15) is 15.4 Å². The van der Waals surface area contributed by atoms with Gasteiger partial charge in [-0.05, 0) is 23.7 Å². The molecule has 0 unspecified atom stereocenters. The Morgan fingerprint density at radius 1 is 1.40 bits per heavy atom. The molecular weight excluding hydrogens is 276 g/mol. The topological polar surface area (TPSA) is 64.3 Å². The molecule has 102 valence electrons. The van der Waals surface area contributed by atoms with Gasteiger partial charge in [-0.2, -0.15) is 4.37 Å². The average Bonchev–Trinajstić information content (AvgIpc) is 3.04. The van der Waals surface area contributed by atoms with Crippen LogP contribution in [-0.4, -0.2) is 27.1 Å². The maximum absolute atomic E-state index is 11.4. The van der Waals surface area contributed by atoms with Crippen LogP contribution in [0.5, 0.6) is 5.88 Å². The van der Waals surface area contributed by atoms with Crippen molar-refractivity contribution in [1.29, 1.82) is 0 Å². The molecule has 20 heavy (non-hydrogen) atoms. The third-order valence-electron chi connectivity index (χ3n) is 3.09. The van der Waals surface area contributed by atoms with Crippen molar-refractivity contribution in [2.24, 2.45) is 0 Å². The minimum atomic E-state index is -0.933. The number of carboxylic acid groups (broad SMARTS) is 1. The molecule has 0 saturated carbocycles. The SMILES string of the molecule is COc1cc(Cn2c(C(=O)O)cc3ccccc32)sn1. The van der Waals surface area contributed by atoms with Crippen molar-refractivity contribution >= 4 is 28.4 Å². The van der Waals surface area contributed by atoms with E-state index in [0.717, 1.165) is 15.8 Å². The number of rotatable bonds is 4. The number of fused-ring (bicyclic) bond motifs is 1. The van der Waals surface area contributed by atoms with Gasteiger partial charge in [-0.25, -0.2) is 4.79 Å². The number of benzene rings is 1. The molecule has 2 aromatic heterocycles. The first-order valence-corrected chi connectivity index (χ1v) is 6.77. The van der Waals surface area contributed by atoms with E-state index < -0.39 is 5.97 Å². The predicted molar refractivity (Wildman–Crippen MR) is 76.7 cm³/mol. The summed E-state index contributed by atoms with van der Waals surface area (Å²) in [6.07, 6.45) is 0. The van der Waals surface area contributed by atoms with Crippen molar-refractivity contribution in [1.82, 2.24) is 8.94 Å². The fraction of sp³-hybridized carbons (Fsp3) is 0.143. The highest BCUT2D eigenvalue weighted by molar-refractivity contribution is 7.05. The minimum Gasteiger partial charge on any atom is -0.480 e. The lowest BCUT2D eigenvalue weighted by molar-refractivity contribution is 0.0686. The average molecular weight is 288 g/mol. The number of methoxy groups -OCH3 is 1. The Morgan fingerprint density at radius 2 is 2.20 bits per heavy atom. The molecule has 6 heteroatoms. The van der Waals surface area contributed by atoms with Gasteiger partial charge in [0.15, 0.2) is 0 Å². The summed E-state index contributed by atoms with van der Waals surface area (Å²) in [5, 5.41) is 10.3. The van der Waals surface area contributed by atoms with Crippen LogP contribution in [0.25, 0.3) is 10.9 Å². The van der Waals surface area contributed by atoms with Crippen molar-refractivity contribution in [2.75, 3.05) is 7.11 Å². The van der Waals surface area contributed by atoms with Gasteiger partial charge in [0.25, 0.3) is 0 Å². The van der Waals surface area contributed by atoms with Crippen LogP contribution in [-0.2, 0) is 6.54 Å². The smallest absolute Gasteiger partial charge is 0.352 e. The Labute approximate surface area is 119 Å². The van der Waals surface area contributed by atoms with Crippen LogP contribution in [0.4, 0.5) is 0 Å². The minimum absolute atomic E-state index is 0.276. The van der Waals surface area contributed by atoms with E-state index >= 15 is 0 Å². The number of carboxylic acids is 1. The first-order valence-electron chi connectivity index (χ1n) is 6.00. The van der Waals surface area contributed by atoms with Crippen molar-refractivity contribution < 1.29 is 14.6 Å². The van der Waals surface area contributed by atoms with Crippen molar-refractivity contribution in [2.45, 2.75) is 6.54 Å². The number of ether oxygens (including phenoxy) is 1. The van der Waals surface area contributed by atoms with Crippen LogP contribution in [0, 0.1) is 0 Å². The van der Waals surface area contributed by atoms with Gasteiger partial charge < -0.3 is 14.4 Å². The first-order chi connectivity index (χ1) is 9.69. The summed E-state index contributed by atoms with van der Waals surface area (Å²) in [7, 11) is 1.56. The Balaban J connectivity index is 2.08. The summed E-state index contributed by atoms with van der Waals surface area (Å²) in [6, 6.07) is 11.1. The van der Waals surface area contributed by atoms with E-state index in [1.165, 1.54) is 11.5 Å². The fourth-order valence-electron chi connectivity index (χ4n) is 2.18. The third-order valence-corrected chi connectivity index (χ3v) is 3.84. The summed E-state index contributed by atoms with van der Waals surface area (Å²) in [5.41, 5.74) is 1.18. The Hall–Kier alpha value is -2.34. The van der Waals surface area contributed by atoms with Crippen LogP contribution in [0.15, 0.2) is 36.4 Å². The fourth-order valence-corrected chi connectivity index (χ4v) is 2.85. The van der Waals surface area contributed by atoms with Gasteiger partial charge in [-0.1, -0.05) is 18.2 Å². The largest absolute Gasteiger partial charge is 0.480 e. The zero-order valence-corrected chi connectivity index (χ0v) is 11.6. The normalized spacial score (nSPS) is 10.8. The highest BCUT2D eigenvalue weighted by Gasteiger charge is 2.15. The van der Waals surface area contributed by atoms with E-state index in [-0.39, 0.29) is 5.69 Å². The van der Waals surface area contributed by atoms with E-state index in [4.69, 9.17) is 4.74 Å². The van der Waals surface area contributed by atoms with E-state index in [2.05, 4.69) is 4.37 Å². The number of aromatic carboxylic acids is 1. The number of hydrogen-bond donors (Lipinski definition) is 1. The number of para-hydroxylation sites is 1. The van der Waals surface area contributed by atoms with Gasteiger partial charge in [0.05, 0.1) is 13.7 Å². The van der Waals surface area contributed by atoms with Gasteiger partial charge in [0.1, 0.15) is 5.69 Å². The maximum Gasteiger partial charge on any atom is 0.352 e. The van der Waals surface area contributed by atoms with Crippen molar-refractivity contribution in [3.05, 3.63) is 47.0 Å². The highest BCUT2D eigenvalue weighted by Crippen LogP contribution is 2.24. The van der Waals surface area contributed by atoms with Crippen LogP contribution >= 0.6 is 11.5 Å². The predicted octanol–water partition coefficient (Wildman–Crippen LogP) is 2.85. The molecule has 0 spiro atoms. The second kappa shape index (κ2) is 4.97. The zero-order valence-electron chi connectivity index (χ0n) is 10.7. The van der Waals surface area contributed by atoms with Gasteiger partial charge in [-0.15, -0.1) is 0 Å². The number of carbonyl (C=O) groups is 1. The zero-order chi connectivity index (χ0) is 14.1. The second-order valence-corrected chi connectivity index (χ2v) is 5.20. The summed E-state index contributed by atoms with van der Waals surface area (Å²) in [6.45, 7) is 0.468. The Kier molecular flexibility index (Phi) is 3.15. The lowest BCUT2D eigenvalue weighted by Gasteiger charge is -2.06. The van der Waals surface area contributed by atoms with Gasteiger partial charge in [0, 0.05) is 21.8 Å². The number of aromatic nitrogens is 2. The molecule has 1 N–H and O–H groups in total. The molecule has 0 radical (unpaired) electrons. The van der Waals surface area contributed by atoms with Gasteiger partial charge in [-0.3, -0.25) is 0 Å². The molecular formula is C14H12N2O3S. The second-order valence-electron chi connectivity index (χ2n) is 4.32. The molecule has 3 rings (SSSR count). The molecule has 0 fully saturated rings. The summed E-state index contributed by atoms with van der Waals surface area (Å²) in [4.78, 5) is 12.3. The van der Waals surface area contributed by atoms with Gasteiger partial charge in [0.2, 0.25) is 5.88 Å². The molecule has 1 aromatic carbocycles. The molecule has 0 saturated heterocycles. The molecule has 0 amide bonds. The lowest BCUT2D eigenvalue weighted by atomic mass is 10.2. The lowest BCUT2D eigenvalue weighted by Crippen LogP contribution is -2.08. The molecule has 0 bridgehead atoms. The summed E-state index contributed by atoms with van der Waals surface area (Å²) in [5.74, 6) is -0.379. The number of hydrogen-bond acceptors (Lipinski definition) is 4. The summed E-state index contributed by atoms with van der Waals surface area (Å²) >= 11 is 1.31. The molecule has 5 nitrogen and oxygen atoms in total. The Morgan fingerprint density at radius 3 is 2.90 bits per heavy atom. The monoisotopic (exact) mass is 288 g/mol. The molecule has 0 aliphatic rings. The first kappa shape index (κ1) is 12.7. The third kappa shape index (κ3) is 2.14. The van der Waals surface area contributed by atoms with Crippen molar-refractivity contribution in [3.8, 4) is 5.88 Å². The molecule has 2 heterocycles. The van der Waals surface area contributed by atoms with E-state index in [1.54, 1.807) is 17.7 Å².